The molecule has 102 valence electrons. The van der Waals surface area contributed by atoms with Crippen molar-refractivity contribution in [3.05, 3.63) is 12.7 Å². The van der Waals surface area contributed by atoms with Crippen LogP contribution in [0, 0.1) is 5.92 Å². The van der Waals surface area contributed by atoms with Crippen LogP contribution in [0.25, 0.3) is 0 Å². The Hall–Kier alpha value is -1.92. The second kappa shape index (κ2) is 4.99. The van der Waals surface area contributed by atoms with Crippen molar-refractivity contribution in [2.75, 3.05) is 12.0 Å². The molecule has 1 saturated heterocycles. The van der Waals surface area contributed by atoms with Gasteiger partial charge >= 0.3 is 0 Å². The van der Waals surface area contributed by atoms with E-state index < -0.39 is 0 Å². The van der Waals surface area contributed by atoms with E-state index in [9.17, 15) is 9.59 Å². The summed E-state index contributed by atoms with van der Waals surface area (Å²) < 4.78 is 1.41. The monoisotopic (exact) mass is 263 g/mol. The van der Waals surface area contributed by atoms with Gasteiger partial charge < -0.3 is 4.90 Å². The van der Waals surface area contributed by atoms with Crippen LogP contribution in [0.1, 0.15) is 32.1 Å². The highest BCUT2D eigenvalue weighted by atomic mass is 16.2. The lowest BCUT2D eigenvalue weighted by molar-refractivity contribution is -0.130. The summed E-state index contributed by atoms with van der Waals surface area (Å²) in [5.74, 6) is -0.306. The Morgan fingerprint density at radius 1 is 1.26 bits per heavy atom. The average molecular weight is 263 g/mol. The van der Waals surface area contributed by atoms with Gasteiger partial charge in [0.05, 0.1) is 5.92 Å². The van der Waals surface area contributed by atoms with Crippen LogP contribution in [-0.4, -0.2) is 44.2 Å². The minimum absolute atomic E-state index is 0.107. The van der Waals surface area contributed by atoms with Crippen molar-refractivity contribution >= 4 is 11.8 Å². The normalized spacial score (nSPS) is 24.1. The second-order valence-electron chi connectivity index (χ2n) is 5.23. The molecule has 0 aromatic carbocycles. The summed E-state index contributed by atoms with van der Waals surface area (Å²) in [6, 6.07) is 0.347. The first-order valence-electron chi connectivity index (χ1n) is 6.69. The second-order valence-corrected chi connectivity index (χ2v) is 5.23. The highest BCUT2D eigenvalue weighted by molar-refractivity contribution is 5.93. The number of rotatable bonds is 3. The third-order valence-electron chi connectivity index (χ3n) is 3.95. The van der Waals surface area contributed by atoms with Gasteiger partial charge in [-0.15, -0.1) is 10.2 Å². The molecule has 1 saturated carbocycles. The van der Waals surface area contributed by atoms with Crippen LogP contribution in [0.2, 0.25) is 0 Å². The van der Waals surface area contributed by atoms with Gasteiger partial charge in [-0.3, -0.25) is 15.0 Å². The molecule has 2 fully saturated rings. The van der Waals surface area contributed by atoms with E-state index in [1.807, 2.05) is 4.90 Å². The Kier molecular flexibility index (Phi) is 3.18. The maximum atomic E-state index is 12.1. The summed E-state index contributed by atoms with van der Waals surface area (Å²) in [6.45, 7) is 0.539. The van der Waals surface area contributed by atoms with E-state index in [1.54, 1.807) is 0 Å². The molecule has 7 nitrogen and oxygen atoms in total. The Bertz CT molecular complexity index is 466. The number of aromatic nitrogens is 3. The van der Waals surface area contributed by atoms with Crippen molar-refractivity contribution in [2.24, 2.45) is 5.92 Å². The van der Waals surface area contributed by atoms with Crippen LogP contribution in [0.3, 0.4) is 0 Å². The summed E-state index contributed by atoms with van der Waals surface area (Å²) in [5.41, 5.74) is 2.67. The fourth-order valence-electron chi connectivity index (χ4n) is 2.95. The van der Waals surface area contributed by atoms with Crippen LogP contribution in [0.4, 0.5) is 0 Å². The molecule has 0 radical (unpaired) electrons. The largest absolute Gasteiger partial charge is 0.339 e. The SMILES string of the molecule is O=C(Nn1cnnc1)[C@H]1CC(=O)N(C2CCCC2)C1. The number of hydrogen-bond donors (Lipinski definition) is 1. The van der Waals surface area contributed by atoms with E-state index in [2.05, 4.69) is 15.6 Å². The fraction of sp³-hybridized carbons (Fsp3) is 0.667. The maximum absolute atomic E-state index is 12.1. The zero-order valence-corrected chi connectivity index (χ0v) is 10.7. The predicted octanol–water partition coefficient (Wildman–Crippen LogP) is 0.139. The van der Waals surface area contributed by atoms with Gasteiger partial charge in [0.25, 0.3) is 0 Å². The van der Waals surface area contributed by atoms with E-state index in [0.29, 0.717) is 19.0 Å². The van der Waals surface area contributed by atoms with E-state index in [-0.39, 0.29) is 17.7 Å². The van der Waals surface area contributed by atoms with Gasteiger partial charge in [-0.1, -0.05) is 12.8 Å². The van der Waals surface area contributed by atoms with E-state index in [0.717, 1.165) is 12.8 Å². The Morgan fingerprint density at radius 2 is 1.95 bits per heavy atom. The smallest absolute Gasteiger partial charge is 0.244 e. The molecule has 1 aromatic rings. The number of amides is 2. The van der Waals surface area contributed by atoms with Crippen LogP contribution >= 0.6 is 0 Å². The highest BCUT2D eigenvalue weighted by Gasteiger charge is 2.38. The minimum atomic E-state index is -0.268. The molecule has 1 aliphatic heterocycles. The molecule has 3 rings (SSSR count). The van der Waals surface area contributed by atoms with E-state index in [4.69, 9.17) is 0 Å². The molecule has 2 amide bonds. The van der Waals surface area contributed by atoms with Crippen molar-refractivity contribution in [1.29, 1.82) is 0 Å². The van der Waals surface area contributed by atoms with Gasteiger partial charge in [-0.2, -0.15) is 0 Å². The first kappa shape index (κ1) is 12.1. The molecule has 0 unspecified atom stereocenters. The maximum Gasteiger partial charge on any atom is 0.244 e. The molecule has 1 atom stereocenters. The summed E-state index contributed by atoms with van der Waals surface area (Å²) in [5, 5.41) is 7.23. The number of nitrogens with zero attached hydrogens (tertiary/aromatic N) is 4. The molecule has 2 aliphatic rings. The summed E-state index contributed by atoms with van der Waals surface area (Å²) >= 11 is 0. The zero-order chi connectivity index (χ0) is 13.2. The summed E-state index contributed by atoms with van der Waals surface area (Å²) in [6.07, 6.45) is 7.67. The first-order valence-corrected chi connectivity index (χ1v) is 6.69. The Morgan fingerprint density at radius 3 is 2.63 bits per heavy atom. The summed E-state index contributed by atoms with van der Waals surface area (Å²) in [7, 11) is 0. The van der Waals surface area contributed by atoms with Gasteiger partial charge in [-0.05, 0) is 12.8 Å². The summed E-state index contributed by atoms with van der Waals surface area (Å²) in [4.78, 5) is 25.9. The topological polar surface area (TPSA) is 80.1 Å². The molecule has 19 heavy (non-hydrogen) atoms. The van der Waals surface area contributed by atoms with Gasteiger partial charge in [0, 0.05) is 19.0 Å². The molecule has 0 spiro atoms. The molecule has 7 heteroatoms. The number of likely N-dealkylation sites (tertiary alicyclic amines) is 1. The highest BCUT2D eigenvalue weighted by Crippen LogP contribution is 2.29. The van der Waals surface area contributed by atoms with Gasteiger partial charge in [0.2, 0.25) is 11.8 Å². The zero-order valence-electron chi connectivity index (χ0n) is 10.7. The predicted molar refractivity (Wildman–Crippen MR) is 66.5 cm³/mol. The lowest BCUT2D eigenvalue weighted by Crippen LogP contribution is -2.36. The van der Waals surface area contributed by atoms with E-state index in [1.165, 1.54) is 30.2 Å². The molecule has 2 heterocycles. The van der Waals surface area contributed by atoms with Crippen molar-refractivity contribution < 1.29 is 9.59 Å². The van der Waals surface area contributed by atoms with Crippen LogP contribution in [-0.2, 0) is 9.59 Å². The van der Waals surface area contributed by atoms with Crippen molar-refractivity contribution in [2.45, 2.75) is 38.1 Å². The van der Waals surface area contributed by atoms with Gasteiger partial charge in [-0.25, -0.2) is 4.68 Å². The molecule has 1 aromatic heterocycles. The van der Waals surface area contributed by atoms with E-state index >= 15 is 0 Å². The van der Waals surface area contributed by atoms with Crippen molar-refractivity contribution in [1.82, 2.24) is 19.8 Å². The number of carbonyl (C=O) groups is 2. The van der Waals surface area contributed by atoms with Gasteiger partial charge in [0.1, 0.15) is 12.7 Å². The quantitative estimate of drug-likeness (QED) is 0.841. The molecule has 0 bridgehead atoms. The van der Waals surface area contributed by atoms with Crippen molar-refractivity contribution in [3.63, 3.8) is 0 Å². The number of hydrogen-bond acceptors (Lipinski definition) is 4. The first-order chi connectivity index (χ1) is 9.24. The average Bonchev–Trinajstić information content (AvgIpc) is 3.07. The third-order valence-corrected chi connectivity index (χ3v) is 3.95. The standard InChI is InChI=1S/C12H17N5O2/c18-11-5-9(6-17(11)10-3-1-2-4-10)12(19)15-16-7-13-14-8-16/h7-10H,1-6H2,(H,15,19)/t9-/m0/s1. The lowest BCUT2D eigenvalue weighted by atomic mass is 10.1. The number of nitrogens with one attached hydrogen (secondary N) is 1. The Balaban J connectivity index is 1.60. The van der Waals surface area contributed by atoms with Crippen LogP contribution < -0.4 is 5.43 Å². The molecule has 1 aliphatic carbocycles. The van der Waals surface area contributed by atoms with Crippen LogP contribution in [0.15, 0.2) is 12.7 Å². The minimum Gasteiger partial charge on any atom is -0.339 e. The molecular formula is C12H17N5O2. The van der Waals surface area contributed by atoms with Crippen molar-refractivity contribution in [3.8, 4) is 0 Å². The van der Waals surface area contributed by atoms with Gasteiger partial charge in [0.15, 0.2) is 0 Å². The Labute approximate surface area is 110 Å². The fourth-order valence-corrected chi connectivity index (χ4v) is 2.95. The van der Waals surface area contributed by atoms with Crippen LogP contribution in [0.5, 0.6) is 0 Å². The third kappa shape index (κ3) is 2.45. The number of carbonyl (C=O) groups excluding carboxylic acids is 2. The molecule has 1 N–H and O–H groups in total. The lowest BCUT2D eigenvalue weighted by Gasteiger charge is -2.23. The molecular weight excluding hydrogens is 246 g/mol.